The molecule has 0 aliphatic carbocycles. The van der Waals surface area contributed by atoms with Gasteiger partial charge in [-0.3, -0.25) is 9.78 Å². The Hall–Kier alpha value is -3.26. The number of carbonyl (C=O) groups excluding carboxylic acids is 1. The first kappa shape index (κ1) is 19.1. The number of nitrogens with one attached hydrogen (secondary N) is 1. The van der Waals surface area contributed by atoms with Crippen LogP contribution in [0.2, 0.25) is 0 Å². The topological polar surface area (TPSA) is 72.3 Å². The maximum Gasteiger partial charge on any atom is 0.325 e. The number of pyridine rings is 2. The van der Waals surface area contributed by atoms with Crippen LogP contribution in [-0.4, -0.2) is 43.7 Å². The zero-order chi connectivity index (χ0) is 20.2. The molecule has 1 fully saturated rings. The molecule has 3 aromatic heterocycles. The average Bonchev–Trinajstić information content (AvgIpc) is 3.34. The van der Waals surface area contributed by atoms with Gasteiger partial charge in [-0.25, -0.2) is 4.98 Å². The summed E-state index contributed by atoms with van der Waals surface area (Å²) >= 11 is 5.59. The number of hydrogen-bond acceptors (Lipinski definition) is 5. The van der Waals surface area contributed by atoms with E-state index >= 15 is 0 Å². The maximum atomic E-state index is 12.3. The number of thiocarbonyl (C=S) groups is 1. The Morgan fingerprint density at radius 2 is 1.93 bits per heavy atom. The van der Waals surface area contributed by atoms with Crippen molar-refractivity contribution in [1.82, 2.24) is 24.8 Å². The zero-order valence-electron chi connectivity index (χ0n) is 15.9. The van der Waals surface area contributed by atoms with Crippen molar-refractivity contribution in [2.75, 3.05) is 13.2 Å². The smallest absolute Gasteiger partial charge is 0.325 e. The Labute approximate surface area is 174 Å². The summed E-state index contributed by atoms with van der Waals surface area (Å²) in [4.78, 5) is 23.1. The molecule has 148 valence electrons. The molecule has 1 aliphatic heterocycles. The van der Waals surface area contributed by atoms with E-state index in [0.29, 0.717) is 11.7 Å². The van der Waals surface area contributed by atoms with Crippen LogP contribution in [0.25, 0.3) is 5.82 Å². The number of hydrogen-bond donors (Lipinski definition) is 1. The molecule has 0 bridgehead atoms. The van der Waals surface area contributed by atoms with Crippen molar-refractivity contribution >= 4 is 23.3 Å². The van der Waals surface area contributed by atoms with E-state index in [1.807, 2.05) is 64.2 Å². The molecule has 0 saturated carbocycles. The lowest BCUT2D eigenvalue weighted by Gasteiger charge is -2.28. The van der Waals surface area contributed by atoms with Crippen molar-refractivity contribution in [1.29, 1.82) is 0 Å². The monoisotopic (exact) mass is 407 g/mol. The van der Waals surface area contributed by atoms with E-state index in [9.17, 15) is 4.79 Å². The van der Waals surface area contributed by atoms with Crippen molar-refractivity contribution in [3.05, 3.63) is 78.5 Å². The highest BCUT2D eigenvalue weighted by atomic mass is 32.1. The molecule has 8 heteroatoms. The number of rotatable bonds is 6. The Bertz CT molecular complexity index is 993. The molecular weight excluding hydrogens is 386 g/mol. The highest BCUT2D eigenvalue weighted by Crippen LogP contribution is 2.39. The van der Waals surface area contributed by atoms with Gasteiger partial charge >= 0.3 is 5.97 Å². The third-order valence-corrected chi connectivity index (χ3v) is 5.13. The summed E-state index contributed by atoms with van der Waals surface area (Å²) in [6, 6.07) is 15.0. The van der Waals surface area contributed by atoms with E-state index in [2.05, 4.69) is 15.3 Å². The molecule has 0 aromatic carbocycles. The van der Waals surface area contributed by atoms with E-state index < -0.39 is 0 Å². The molecule has 0 unspecified atom stereocenters. The molecule has 2 atom stereocenters. The Morgan fingerprint density at radius 1 is 1.14 bits per heavy atom. The van der Waals surface area contributed by atoms with Crippen LogP contribution in [0.3, 0.4) is 0 Å². The number of carbonyl (C=O) groups is 1. The Balaban J connectivity index is 1.77. The number of nitrogens with zero attached hydrogens (tertiary/aromatic N) is 4. The van der Waals surface area contributed by atoms with Gasteiger partial charge in [-0.05, 0) is 55.5 Å². The van der Waals surface area contributed by atoms with Crippen molar-refractivity contribution in [3.8, 4) is 5.82 Å². The van der Waals surface area contributed by atoms with Crippen molar-refractivity contribution < 1.29 is 9.53 Å². The van der Waals surface area contributed by atoms with Gasteiger partial charge in [0.2, 0.25) is 0 Å². The first-order valence-corrected chi connectivity index (χ1v) is 9.82. The van der Waals surface area contributed by atoms with Gasteiger partial charge in [-0.15, -0.1) is 0 Å². The largest absolute Gasteiger partial charge is 0.465 e. The van der Waals surface area contributed by atoms with Crippen LogP contribution < -0.4 is 5.32 Å². The van der Waals surface area contributed by atoms with Crippen molar-refractivity contribution in [2.45, 2.75) is 19.0 Å². The summed E-state index contributed by atoms with van der Waals surface area (Å²) in [7, 11) is 0. The lowest BCUT2D eigenvalue weighted by Crippen LogP contribution is -2.36. The predicted octanol–water partition coefficient (Wildman–Crippen LogP) is 2.80. The molecule has 3 aromatic rings. The van der Waals surface area contributed by atoms with Gasteiger partial charge in [0.05, 0.1) is 24.4 Å². The van der Waals surface area contributed by atoms with E-state index in [1.165, 1.54) is 0 Å². The second kappa shape index (κ2) is 8.40. The molecule has 1 aliphatic rings. The van der Waals surface area contributed by atoms with Crippen LogP contribution in [0.5, 0.6) is 0 Å². The van der Waals surface area contributed by atoms with Gasteiger partial charge < -0.3 is 19.5 Å². The van der Waals surface area contributed by atoms with Crippen LogP contribution in [0.4, 0.5) is 0 Å². The summed E-state index contributed by atoms with van der Waals surface area (Å²) in [5, 5.41) is 3.83. The van der Waals surface area contributed by atoms with Gasteiger partial charge in [-0.1, -0.05) is 12.1 Å². The molecule has 0 radical (unpaired) electrons. The zero-order valence-corrected chi connectivity index (χ0v) is 16.7. The molecule has 0 spiro atoms. The van der Waals surface area contributed by atoms with Crippen LogP contribution in [-0.2, 0) is 9.53 Å². The second-order valence-electron chi connectivity index (χ2n) is 6.55. The van der Waals surface area contributed by atoms with Crippen LogP contribution in [0.1, 0.15) is 30.4 Å². The molecule has 1 N–H and O–H groups in total. The average molecular weight is 407 g/mol. The normalized spacial score (nSPS) is 18.5. The van der Waals surface area contributed by atoms with E-state index in [1.54, 1.807) is 19.3 Å². The standard InChI is InChI=1S/C21H21N5O2S/c1-2-28-18(27)14-26-20(19(24-21(26)29)15-8-3-5-11-22-15)16-9-7-13-25(16)17-10-4-6-12-23-17/h3-13,19-20H,2,14H2,1H3,(H,24,29)/t19-,20+/m0/s1. The van der Waals surface area contributed by atoms with Gasteiger partial charge in [0.1, 0.15) is 12.4 Å². The van der Waals surface area contributed by atoms with Crippen molar-refractivity contribution in [2.24, 2.45) is 0 Å². The first-order valence-electron chi connectivity index (χ1n) is 9.41. The minimum absolute atomic E-state index is 0.0566. The van der Waals surface area contributed by atoms with Gasteiger partial charge in [-0.2, -0.15) is 0 Å². The first-order chi connectivity index (χ1) is 14.2. The molecular formula is C21H21N5O2S. The van der Waals surface area contributed by atoms with Crippen LogP contribution >= 0.6 is 12.2 Å². The molecule has 1 saturated heterocycles. The molecule has 4 rings (SSSR count). The predicted molar refractivity (Wildman–Crippen MR) is 112 cm³/mol. The third kappa shape index (κ3) is 3.84. The summed E-state index contributed by atoms with van der Waals surface area (Å²) in [6.07, 6.45) is 5.46. The molecule has 7 nitrogen and oxygen atoms in total. The fourth-order valence-corrected chi connectivity index (χ4v) is 3.89. The highest BCUT2D eigenvalue weighted by Gasteiger charge is 2.42. The van der Waals surface area contributed by atoms with Crippen LogP contribution in [0.15, 0.2) is 67.1 Å². The molecule has 29 heavy (non-hydrogen) atoms. The van der Waals surface area contributed by atoms with Gasteiger partial charge in [0, 0.05) is 24.3 Å². The van der Waals surface area contributed by atoms with Gasteiger partial charge in [0.15, 0.2) is 5.11 Å². The number of ether oxygens (including phenoxy) is 1. The minimum atomic E-state index is -0.320. The fourth-order valence-electron chi connectivity index (χ4n) is 3.58. The van der Waals surface area contributed by atoms with Gasteiger partial charge in [0.25, 0.3) is 0 Å². The minimum Gasteiger partial charge on any atom is -0.465 e. The Morgan fingerprint density at radius 3 is 2.62 bits per heavy atom. The van der Waals surface area contributed by atoms with E-state index in [-0.39, 0.29) is 24.6 Å². The summed E-state index contributed by atoms with van der Waals surface area (Å²) in [6.45, 7) is 2.17. The number of aromatic nitrogens is 3. The lowest BCUT2D eigenvalue weighted by molar-refractivity contribution is -0.143. The van der Waals surface area contributed by atoms with E-state index in [0.717, 1.165) is 17.2 Å². The number of esters is 1. The fraction of sp³-hybridized carbons (Fsp3) is 0.238. The molecule has 4 heterocycles. The molecule has 0 amide bonds. The van der Waals surface area contributed by atoms with Crippen LogP contribution in [0, 0.1) is 0 Å². The summed E-state index contributed by atoms with van der Waals surface area (Å²) in [5.74, 6) is 0.473. The maximum absolute atomic E-state index is 12.3. The third-order valence-electron chi connectivity index (χ3n) is 4.78. The summed E-state index contributed by atoms with van der Waals surface area (Å²) < 4.78 is 7.18. The Kier molecular flexibility index (Phi) is 5.53. The highest BCUT2D eigenvalue weighted by molar-refractivity contribution is 7.80. The second-order valence-corrected chi connectivity index (χ2v) is 6.94. The summed E-state index contributed by atoms with van der Waals surface area (Å²) in [5.41, 5.74) is 1.80. The SMILES string of the molecule is CCOC(=O)CN1C(=S)N[C@@H](c2ccccn2)[C@H]1c1cccn1-c1ccccn1. The van der Waals surface area contributed by atoms with E-state index in [4.69, 9.17) is 17.0 Å². The quantitative estimate of drug-likeness (QED) is 0.498. The lowest BCUT2D eigenvalue weighted by atomic mass is 10.0. The van der Waals surface area contributed by atoms with Crippen molar-refractivity contribution in [3.63, 3.8) is 0 Å².